The van der Waals surface area contributed by atoms with Crippen molar-refractivity contribution in [1.82, 2.24) is 10.1 Å². The molecule has 2 N–H and O–H groups in total. The van der Waals surface area contributed by atoms with E-state index >= 15 is 0 Å². The molecule has 3 rings (SSSR count). The monoisotopic (exact) mass is 175 g/mol. The molecule has 2 heterocycles. The second-order valence-corrected chi connectivity index (χ2v) is 3.46. The molecule has 2 aromatic heterocycles. The van der Waals surface area contributed by atoms with Gasteiger partial charge in [0, 0.05) is 5.92 Å². The first-order valence-electron chi connectivity index (χ1n) is 4.35. The zero-order valence-electron chi connectivity index (χ0n) is 7.03. The zero-order chi connectivity index (χ0) is 8.84. The number of nitrogen functional groups attached to an aromatic ring is 1. The summed E-state index contributed by atoms with van der Waals surface area (Å²) in [5, 5.41) is 4.98. The maximum atomic E-state index is 5.64. The number of nitrogens with zero attached hydrogens (tertiary/aromatic N) is 2. The third-order valence-corrected chi connectivity index (χ3v) is 2.34. The molecule has 0 spiro atoms. The molecule has 13 heavy (non-hydrogen) atoms. The first-order chi connectivity index (χ1) is 6.34. The van der Waals surface area contributed by atoms with Crippen molar-refractivity contribution in [2.24, 2.45) is 0 Å². The summed E-state index contributed by atoms with van der Waals surface area (Å²) in [6.07, 6.45) is 4.00. The maximum Gasteiger partial charge on any atom is 0.258 e. The molecule has 4 heteroatoms. The van der Waals surface area contributed by atoms with Crippen LogP contribution in [0.5, 0.6) is 0 Å². The van der Waals surface area contributed by atoms with Gasteiger partial charge >= 0.3 is 0 Å². The van der Waals surface area contributed by atoms with E-state index in [1.807, 2.05) is 6.07 Å². The van der Waals surface area contributed by atoms with Gasteiger partial charge in [-0.1, -0.05) is 5.16 Å². The number of hydrogen-bond acceptors (Lipinski definition) is 4. The van der Waals surface area contributed by atoms with Crippen LogP contribution in [-0.4, -0.2) is 10.1 Å². The van der Waals surface area contributed by atoms with Gasteiger partial charge in [-0.05, 0) is 18.9 Å². The van der Waals surface area contributed by atoms with Crippen LogP contribution >= 0.6 is 0 Å². The lowest BCUT2D eigenvalue weighted by Gasteiger charge is -1.91. The summed E-state index contributed by atoms with van der Waals surface area (Å²) in [7, 11) is 0. The largest absolute Gasteiger partial charge is 0.397 e. The third kappa shape index (κ3) is 0.983. The van der Waals surface area contributed by atoms with Gasteiger partial charge in [0.25, 0.3) is 5.71 Å². The van der Waals surface area contributed by atoms with Crippen LogP contribution in [0.1, 0.15) is 24.5 Å². The fourth-order valence-corrected chi connectivity index (χ4v) is 1.52. The van der Waals surface area contributed by atoms with E-state index in [9.17, 15) is 0 Å². The number of hydrogen-bond donors (Lipinski definition) is 1. The zero-order valence-corrected chi connectivity index (χ0v) is 7.03. The van der Waals surface area contributed by atoms with E-state index in [1.165, 1.54) is 12.8 Å². The molecule has 1 saturated carbocycles. The molecule has 2 aromatic rings. The highest BCUT2D eigenvalue weighted by Gasteiger charge is 2.29. The van der Waals surface area contributed by atoms with Crippen LogP contribution in [-0.2, 0) is 0 Å². The molecule has 0 aliphatic heterocycles. The molecule has 66 valence electrons. The molecular weight excluding hydrogens is 166 g/mol. The molecular formula is C9H9N3O. The van der Waals surface area contributed by atoms with E-state index in [2.05, 4.69) is 10.1 Å². The van der Waals surface area contributed by atoms with Crippen molar-refractivity contribution in [3.8, 4) is 0 Å². The number of pyridine rings is 1. The van der Waals surface area contributed by atoms with Crippen LogP contribution in [0.15, 0.2) is 16.8 Å². The Balaban J connectivity index is 2.29. The predicted molar refractivity (Wildman–Crippen MR) is 48.2 cm³/mol. The van der Waals surface area contributed by atoms with Gasteiger partial charge in [0.2, 0.25) is 0 Å². The van der Waals surface area contributed by atoms with Crippen molar-refractivity contribution in [2.45, 2.75) is 18.8 Å². The van der Waals surface area contributed by atoms with Crippen molar-refractivity contribution in [1.29, 1.82) is 0 Å². The van der Waals surface area contributed by atoms with Gasteiger partial charge in [-0.3, -0.25) is 0 Å². The van der Waals surface area contributed by atoms with E-state index in [0.29, 0.717) is 17.3 Å². The molecule has 0 bridgehead atoms. The van der Waals surface area contributed by atoms with E-state index in [4.69, 9.17) is 10.3 Å². The topological polar surface area (TPSA) is 64.9 Å². The molecule has 0 amide bonds. The molecule has 1 aliphatic carbocycles. The number of rotatable bonds is 1. The highest BCUT2D eigenvalue weighted by molar-refractivity contribution is 5.79. The second kappa shape index (κ2) is 2.22. The lowest BCUT2D eigenvalue weighted by Crippen LogP contribution is -1.86. The minimum Gasteiger partial charge on any atom is -0.397 e. The Morgan fingerprint density at radius 3 is 3.08 bits per heavy atom. The summed E-state index contributed by atoms with van der Waals surface area (Å²) in [5.74, 6) is 0.574. The normalized spacial score (nSPS) is 16.6. The standard InChI is InChI=1S/C9H9N3O/c10-6-3-7-8(5-1-2-5)12-13-9(7)11-4-6/h3-5H,1-2,10H2. The minimum atomic E-state index is 0.574. The number of anilines is 1. The van der Waals surface area contributed by atoms with Crippen LogP contribution in [0.25, 0.3) is 11.1 Å². The van der Waals surface area contributed by atoms with Gasteiger partial charge in [-0.15, -0.1) is 0 Å². The molecule has 0 unspecified atom stereocenters. The van der Waals surface area contributed by atoms with Gasteiger partial charge in [-0.2, -0.15) is 0 Å². The number of nitrogens with two attached hydrogens (primary N) is 1. The Labute approximate surface area is 74.7 Å². The second-order valence-electron chi connectivity index (χ2n) is 3.46. The highest BCUT2D eigenvalue weighted by Crippen LogP contribution is 2.42. The van der Waals surface area contributed by atoms with Crippen LogP contribution in [0.2, 0.25) is 0 Å². The minimum absolute atomic E-state index is 0.574. The molecule has 0 atom stereocenters. The molecule has 4 nitrogen and oxygen atoms in total. The van der Waals surface area contributed by atoms with Crippen LogP contribution in [0.3, 0.4) is 0 Å². The Morgan fingerprint density at radius 2 is 2.31 bits per heavy atom. The quantitative estimate of drug-likeness (QED) is 0.716. The average Bonchev–Trinajstić information content (AvgIpc) is 2.87. The van der Waals surface area contributed by atoms with Crippen molar-refractivity contribution >= 4 is 16.8 Å². The summed E-state index contributed by atoms with van der Waals surface area (Å²) < 4.78 is 5.09. The lowest BCUT2D eigenvalue weighted by molar-refractivity contribution is 0.439. The van der Waals surface area contributed by atoms with Crippen LogP contribution in [0, 0.1) is 0 Å². The molecule has 1 aliphatic rings. The fourth-order valence-electron chi connectivity index (χ4n) is 1.52. The van der Waals surface area contributed by atoms with Crippen molar-refractivity contribution in [3.63, 3.8) is 0 Å². The van der Waals surface area contributed by atoms with Crippen molar-refractivity contribution in [3.05, 3.63) is 18.0 Å². The number of fused-ring (bicyclic) bond motifs is 1. The highest BCUT2D eigenvalue weighted by atomic mass is 16.5. The molecule has 0 saturated heterocycles. The Hall–Kier alpha value is -1.58. The Bertz CT molecular complexity index is 459. The fraction of sp³-hybridized carbons (Fsp3) is 0.333. The first-order valence-corrected chi connectivity index (χ1v) is 4.35. The van der Waals surface area contributed by atoms with E-state index < -0.39 is 0 Å². The van der Waals surface area contributed by atoms with Gasteiger partial charge < -0.3 is 10.3 Å². The van der Waals surface area contributed by atoms with Crippen LogP contribution < -0.4 is 5.73 Å². The lowest BCUT2D eigenvalue weighted by atomic mass is 10.2. The summed E-state index contributed by atoms with van der Waals surface area (Å²) >= 11 is 0. The van der Waals surface area contributed by atoms with Crippen LogP contribution in [0.4, 0.5) is 5.69 Å². The van der Waals surface area contributed by atoms with Gasteiger partial charge in [0.1, 0.15) is 0 Å². The van der Waals surface area contributed by atoms with Gasteiger partial charge in [-0.25, -0.2) is 4.98 Å². The SMILES string of the molecule is Nc1cnc2onc(C3CC3)c2c1. The molecule has 1 fully saturated rings. The van der Waals surface area contributed by atoms with Crippen molar-refractivity contribution in [2.75, 3.05) is 5.73 Å². The predicted octanol–water partition coefficient (Wildman–Crippen LogP) is 1.68. The van der Waals surface area contributed by atoms with E-state index in [-0.39, 0.29) is 0 Å². The van der Waals surface area contributed by atoms with Gasteiger partial charge in [0.05, 0.1) is 23.0 Å². The summed E-state index contributed by atoms with van der Waals surface area (Å²) in [6, 6.07) is 1.88. The van der Waals surface area contributed by atoms with E-state index in [1.54, 1.807) is 6.20 Å². The smallest absolute Gasteiger partial charge is 0.258 e. The van der Waals surface area contributed by atoms with Gasteiger partial charge in [0.15, 0.2) is 0 Å². The molecule has 0 aromatic carbocycles. The molecule has 0 radical (unpaired) electrons. The first kappa shape index (κ1) is 6.88. The maximum absolute atomic E-state index is 5.64. The summed E-state index contributed by atoms with van der Waals surface area (Å²) in [6.45, 7) is 0. The summed E-state index contributed by atoms with van der Waals surface area (Å²) in [5.41, 5.74) is 7.92. The number of aromatic nitrogens is 2. The Kier molecular flexibility index (Phi) is 1.17. The van der Waals surface area contributed by atoms with E-state index in [0.717, 1.165) is 11.1 Å². The average molecular weight is 175 g/mol. The Morgan fingerprint density at radius 1 is 1.46 bits per heavy atom. The summed E-state index contributed by atoms with van der Waals surface area (Å²) in [4.78, 5) is 4.06. The third-order valence-electron chi connectivity index (χ3n) is 2.34. The van der Waals surface area contributed by atoms with Crippen molar-refractivity contribution < 1.29 is 4.52 Å².